The van der Waals surface area contributed by atoms with E-state index >= 15 is 0 Å². The van der Waals surface area contributed by atoms with Gasteiger partial charge in [0.05, 0.1) is 25.1 Å². The molecule has 5 N–H and O–H groups in total. The molecule has 0 saturated heterocycles. The van der Waals surface area contributed by atoms with E-state index in [0.29, 0.717) is 12.1 Å². The van der Waals surface area contributed by atoms with Gasteiger partial charge in [-0.2, -0.15) is 4.98 Å². The van der Waals surface area contributed by atoms with E-state index in [2.05, 4.69) is 15.0 Å². The minimum Gasteiger partial charge on any atom is -0.394 e. The van der Waals surface area contributed by atoms with Gasteiger partial charge < -0.3 is 20.5 Å². The van der Waals surface area contributed by atoms with Crippen LogP contribution in [-0.2, 0) is 0 Å². The Morgan fingerprint density at radius 3 is 3.10 bits per heavy atom. The summed E-state index contributed by atoms with van der Waals surface area (Å²) >= 11 is 0. The Hall–Kier alpha value is -2.19. The maximum absolute atomic E-state index is 11.7. The molecule has 0 bridgehead atoms. The molecule has 2 aromatic rings. The van der Waals surface area contributed by atoms with Gasteiger partial charge in [-0.3, -0.25) is 9.78 Å². The van der Waals surface area contributed by atoms with Crippen molar-refractivity contribution in [3.05, 3.63) is 28.8 Å². The first-order valence-electron chi connectivity index (χ1n) is 6.29. The van der Waals surface area contributed by atoms with E-state index in [1.165, 1.54) is 6.33 Å². The van der Waals surface area contributed by atoms with E-state index in [0.717, 1.165) is 0 Å². The number of aromatic nitrogens is 4. The zero-order valence-electron chi connectivity index (χ0n) is 10.6. The Morgan fingerprint density at radius 2 is 2.35 bits per heavy atom. The molecule has 8 heteroatoms. The summed E-state index contributed by atoms with van der Waals surface area (Å²) in [5.41, 5.74) is 5.83. The molecule has 20 heavy (non-hydrogen) atoms. The van der Waals surface area contributed by atoms with Gasteiger partial charge in [0.2, 0.25) is 5.95 Å². The largest absolute Gasteiger partial charge is 0.394 e. The minimum absolute atomic E-state index is 0.0400. The number of hydrogen-bond donors (Lipinski definition) is 4. The van der Waals surface area contributed by atoms with Gasteiger partial charge in [0, 0.05) is 5.92 Å². The molecule has 2 heterocycles. The standard InChI is InChI=1S/C12H15N5O3/c13-12-15-10-9(11(20)16-12)14-5-17(10)7-2-1-6(3-7)8(19)4-18/h1-2,5-8,18-19H,3-4H2,(H3,13,15,16,20)/t6-,7+,8-/m0/s1. The number of anilines is 1. The van der Waals surface area contributed by atoms with Crippen LogP contribution >= 0.6 is 0 Å². The summed E-state index contributed by atoms with van der Waals surface area (Å²) in [5, 5.41) is 18.6. The monoisotopic (exact) mass is 277 g/mol. The molecule has 106 valence electrons. The van der Waals surface area contributed by atoms with Crippen LogP contribution in [0.15, 0.2) is 23.3 Å². The molecule has 0 radical (unpaired) electrons. The van der Waals surface area contributed by atoms with Gasteiger partial charge in [0.15, 0.2) is 11.2 Å². The van der Waals surface area contributed by atoms with Crippen molar-refractivity contribution in [1.82, 2.24) is 19.5 Å². The molecule has 1 aliphatic rings. The van der Waals surface area contributed by atoms with Crippen LogP contribution in [0.4, 0.5) is 5.95 Å². The van der Waals surface area contributed by atoms with Crippen LogP contribution in [0.2, 0.25) is 0 Å². The van der Waals surface area contributed by atoms with Gasteiger partial charge in [-0.15, -0.1) is 0 Å². The number of fused-ring (bicyclic) bond motifs is 1. The predicted molar refractivity (Wildman–Crippen MR) is 71.9 cm³/mol. The third-order valence-electron chi connectivity index (χ3n) is 3.58. The summed E-state index contributed by atoms with van der Waals surface area (Å²) in [6.07, 6.45) is 5.13. The lowest BCUT2D eigenvalue weighted by Gasteiger charge is -2.17. The third-order valence-corrected chi connectivity index (χ3v) is 3.58. The van der Waals surface area contributed by atoms with Gasteiger partial charge in [0.1, 0.15) is 0 Å². The van der Waals surface area contributed by atoms with Crippen LogP contribution in [-0.4, -0.2) is 42.4 Å². The molecule has 8 nitrogen and oxygen atoms in total. The van der Waals surface area contributed by atoms with Crippen molar-refractivity contribution >= 4 is 17.1 Å². The van der Waals surface area contributed by atoms with Gasteiger partial charge in [-0.25, -0.2) is 4.98 Å². The lowest BCUT2D eigenvalue weighted by Crippen LogP contribution is -2.22. The Kier molecular flexibility index (Phi) is 3.03. The summed E-state index contributed by atoms with van der Waals surface area (Å²) in [5.74, 6) is -0.0834. The molecule has 0 spiro atoms. The Morgan fingerprint density at radius 1 is 1.55 bits per heavy atom. The SMILES string of the molecule is Nc1nc2c(ncn2[C@@H]2C=C[C@H]([C@@H](O)CO)C2)c(=O)[nH]1. The number of nitrogens with zero attached hydrogens (tertiary/aromatic N) is 3. The highest BCUT2D eigenvalue weighted by Crippen LogP contribution is 2.31. The first kappa shape index (κ1) is 12.8. The molecule has 1 aliphatic carbocycles. The number of H-pyrrole nitrogens is 1. The van der Waals surface area contributed by atoms with Crippen LogP contribution in [0.1, 0.15) is 12.5 Å². The van der Waals surface area contributed by atoms with Crippen LogP contribution in [0.3, 0.4) is 0 Å². The first-order chi connectivity index (χ1) is 9.60. The number of hydrogen-bond acceptors (Lipinski definition) is 6. The molecule has 0 fully saturated rings. The topological polar surface area (TPSA) is 130 Å². The fourth-order valence-electron chi connectivity index (χ4n) is 2.52. The number of aromatic amines is 1. The first-order valence-corrected chi connectivity index (χ1v) is 6.29. The number of nitrogens with two attached hydrogens (primary N) is 1. The highest BCUT2D eigenvalue weighted by molar-refractivity contribution is 5.70. The Labute approximate surface area is 113 Å². The van der Waals surface area contributed by atoms with E-state index in [1.807, 2.05) is 12.2 Å². The average molecular weight is 277 g/mol. The van der Waals surface area contributed by atoms with Crippen molar-refractivity contribution in [1.29, 1.82) is 0 Å². The molecule has 0 aromatic carbocycles. The molecule has 0 aliphatic heterocycles. The van der Waals surface area contributed by atoms with Gasteiger partial charge >= 0.3 is 0 Å². The summed E-state index contributed by atoms with van der Waals surface area (Å²) in [7, 11) is 0. The molecule has 0 saturated carbocycles. The van der Waals surface area contributed by atoms with Gasteiger partial charge in [-0.05, 0) is 6.42 Å². The number of allylic oxidation sites excluding steroid dienone is 1. The minimum atomic E-state index is -0.785. The van der Waals surface area contributed by atoms with Crippen LogP contribution in [0.5, 0.6) is 0 Å². The smallest absolute Gasteiger partial charge is 0.280 e. The molecular weight excluding hydrogens is 262 g/mol. The maximum atomic E-state index is 11.7. The van der Waals surface area contributed by atoms with Crippen molar-refractivity contribution in [3.63, 3.8) is 0 Å². The van der Waals surface area contributed by atoms with Crippen LogP contribution in [0.25, 0.3) is 11.2 Å². The van der Waals surface area contributed by atoms with Crippen LogP contribution < -0.4 is 11.3 Å². The third kappa shape index (κ3) is 1.98. The van der Waals surface area contributed by atoms with Gasteiger partial charge in [-0.1, -0.05) is 12.2 Å². The lowest BCUT2D eigenvalue weighted by molar-refractivity contribution is 0.0605. The maximum Gasteiger partial charge on any atom is 0.280 e. The summed E-state index contributed by atoms with van der Waals surface area (Å²) in [6.45, 7) is -0.280. The molecule has 0 unspecified atom stereocenters. The van der Waals surface area contributed by atoms with Crippen molar-refractivity contribution in [3.8, 4) is 0 Å². The van der Waals surface area contributed by atoms with Crippen molar-refractivity contribution in [2.45, 2.75) is 18.6 Å². The number of aliphatic hydroxyl groups excluding tert-OH is 2. The summed E-state index contributed by atoms with van der Waals surface area (Å²) in [4.78, 5) is 22.3. The quantitative estimate of drug-likeness (QED) is 0.542. The van der Waals surface area contributed by atoms with Gasteiger partial charge in [0.25, 0.3) is 5.56 Å². The lowest BCUT2D eigenvalue weighted by atomic mass is 10.0. The highest BCUT2D eigenvalue weighted by atomic mass is 16.3. The molecule has 3 rings (SSSR count). The van der Waals surface area contributed by atoms with E-state index in [9.17, 15) is 9.90 Å². The van der Waals surface area contributed by atoms with Crippen LogP contribution in [0, 0.1) is 5.92 Å². The normalized spacial score (nSPS) is 23.5. The molecule has 3 atom stereocenters. The number of nitrogens with one attached hydrogen (secondary N) is 1. The van der Waals surface area contributed by atoms with E-state index in [-0.39, 0.29) is 35.6 Å². The number of imidazole rings is 1. The predicted octanol–water partition coefficient (Wildman–Crippen LogP) is -0.828. The van der Waals surface area contributed by atoms with E-state index in [1.54, 1.807) is 4.57 Å². The zero-order valence-corrected chi connectivity index (χ0v) is 10.6. The molecular formula is C12H15N5O3. The molecule has 2 aromatic heterocycles. The second-order valence-corrected chi connectivity index (χ2v) is 4.88. The second kappa shape index (κ2) is 4.73. The zero-order chi connectivity index (χ0) is 14.3. The number of rotatable bonds is 3. The Bertz CT molecular complexity index is 719. The highest BCUT2D eigenvalue weighted by Gasteiger charge is 2.27. The summed E-state index contributed by atoms with van der Waals surface area (Å²) < 4.78 is 1.75. The summed E-state index contributed by atoms with van der Waals surface area (Å²) in [6, 6.07) is -0.0695. The Balaban J connectivity index is 1.97. The number of nitrogen functional groups attached to an aromatic ring is 1. The fraction of sp³-hybridized carbons (Fsp3) is 0.417. The fourth-order valence-corrected chi connectivity index (χ4v) is 2.52. The molecule has 0 amide bonds. The van der Waals surface area contributed by atoms with Crippen molar-refractivity contribution in [2.24, 2.45) is 5.92 Å². The second-order valence-electron chi connectivity index (χ2n) is 4.88. The van der Waals surface area contributed by atoms with E-state index in [4.69, 9.17) is 10.8 Å². The van der Waals surface area contributed by atoms with E-state index < -0.39 is 6.10 Å². The van der Waals surface area contributed by atoms with Crippen molar-refractivity contribution in [2.75, 3.05) is 12.3 Å². The number of aliphatic hydroxyl groups is 2. The van der Waals surface area contributed by atoms with Crippen molar-refractivity contribution < 1.29 is 10.2 Å². The average Bonchev–Trinajstić information content (AvgIpc) is 3.03.